The lowest BCUT2D eigenvalue weighted by Gasteiger charge is -2.29. The van der Waals surface area contributed by atoms with E-state index in [9.17, 15) is 18.0 Å². The number of carbonyl (C=O) groups is 2. The molecule has 168 valence electrons. The Bertz CT molecular complexity index is 1040. The molecule has 9 nitrogen and oxygen atoms in total. The Kier molecular flexibility index (Phi) is 7.11. The molecule has 1 N–H and O–H groups in total. The van der Waals surface area contributed by atoms with Crippen LogP contribution < -0.4 is 5.32 Å². The highest BCUT2D eigenvalue weighted by Crippen LogP contribution is 2.21. The summed E-state index contributed by atoms with van der Waals surface area (Å²) in [6, 6.07) is 9.46. The van der Waals surface area contributed by atoms with Crippen LogP contribution in [0.1, 0.15) is 31.0 Å². The molecule has 0 bridgehead atoms. The van der Waals surface area contributed by atoms with Crippen LogP contribution in [0.3, 0.4) is 0 Å². The first-order valence-electron chi connectivity index (χ1n) is 10.3. The van der Waals surface area contributed by atoms with Crippen molar-refractivity contribution in [1.29, 1.82) is 0 Å². The number of anilines is 1. The number of benzene rings is 1. The Morgan fingerprint density at radius 3 is 2.42 bits per heavy atom. The van der Waals surface area contributed by atoms with Crippen LogP contribution in [0.2, 0.25) is 0 Å². The molecule has 3 rings (SSSR count). The minimum absolute atomic E-state index is 0.0426. The summed E-state index contributed by atoms with van der Waals surface area (Å²) in [5, 5.41) is 7.14. The van der Waals surface area contributed by atoms with Crippen LogP contribution >= 0.6 is 0 Å². The summed E-state index contributed by atoms with van der Waals surface area (Å²) in [6.07, 6.45) is 0.776. The number of ether oxygens (including phenoxy) is 1. The standard InChI is InChI=1S/C21H28N4O5S/c1-4-31(28,29)24-11-9-17(10-12-24)21(27)30-14-20(26)22-19-13-16(3)23-25(19)18-7-5-15(2)6-8-18/h5-8,13,17H,4,9-12,14H2,1-3H3,(H,22,26). The molecule has 2 aromatic rings. The molecule has 0 radical (unpaired) electrons. The van der Waals surface area contributed by atoms with E-state index in [1.807, 2.05) is 38.1 Å². The average Bonchev–Trinajstić information content (AvgIpc) is 3.12. The molecule has 1 aromatic heterocycles. The van der Waals surface area contributed by atoms with Gasteiger partial charge in [-0.2, -0.15) is 5.10 Å². The summed E-state index contributed by atoms with van der Waals surface area (Å²) >= 11 is 0. The zero-order valence-electron chi connectivity index (χ0n) is 18.0. The summed E-state index contributed by atoms with van der Waals surface area (Å²) < 4.78 is 32.0. The van der Waals surface area contributed by atoms with Gasteiger partial charge in [-0.15, -0.1) is 0 Å². The number of piperidine rings is 1. The van der Waals surface area contributed by atoms with Crippen LogP contribution in [-0.2, 0) is 24.3 Å². The highest BCUT2D eigenvalue weighted by Gasteiger charge is 2.31. The summed E-state index contributed by atoms with van der Waals surface area (Å²) in [4.78, 5) is 24.7. The van der Waals surface area contributed by atoms with E-state index in [0.29, 0.717) is 18.7 Å². The summed E-state index contributed by atoms with van der Waals surface area (Å²) in [7, 11) is -3.25. The number of aryl methyl sites for hydroxylation is 2. The third kappa shape index (κ3) is 5.71. The molecule has 1 aromatic carbocycles. The van der Waals surface area contributed by atoms with E-state index >= 15 is 0 Å². The lowest BCUT2D eigenvalue weighted by atomic mass is 9.98. The van der Waals surface area contributed by atoms with Crippen molar-refractivity contribution in [2.45, 2.75) is 33.6 Å². The Morgan fingerprint density at radius 2 is 1.81 bits per heavy atom. The molecule has 0 spiro atoms. The molecule has 1 saturated heterocycles. The quantitative estimate of drug-likeness (QED) is 0.649. The first-order valence-corrected chi connectivity index (χ1v) is 11.9. The van der Waals surface area contributed by atoms with Gasteiger partial charge in [0, 0.05) is 19.2 Å². The second-order valence-electron chi connectivity index (χ2n) is 7.65. The molecule has 10 heteroatoms. The lowest BCUT2D eigenvalue weighted by Crippen LogP contribution is -2.41. The Labute approximate surface area is 182 Å². The molecular weight excluding hydrogens is 420 g/mol. The maximum atomic E-state index is 12.4. The largest absolute Gasteiger partial charge is 0.455 e. The van der Waals surface area contributed by atoms with E-state index in [2.05, 4.69) is 10.4 Å². The molecule has 0 unspecified atom stereocenters. The summed E-state index contributed by atoms with van der Waals surface area (Å²) in [5.41, 5.74) is 2.66. The maximum Gasteiger partial charge on any atom is 0.309 e. The van der Waals surface area contributed by atoms with E-state index in [1.165, 1.54) is 4.31 Å². The predicted octanol–water partition coefficient (Wildman–Crippen LogP) is 2.03. The number of hydrogen-bond donors (Lipinski definition) is 1. The predicted molar refractivity (Wildman–Crippen MR) is 116 cm³/mol. The van der Waals surface area contributed by atoms with Crippen LogP contribution in [-0.4, -0.2) is 59.8 Å². The van der Waals surface area contributed by atoms with Gasteiger partial charge in [0.05, 0.1) is 23.1 Å². The molecule has 0 atom stereocenters. The van der Waals surface area contributed by atoms with Crippen LogP contribution in [0.5, 0.6) is 0 Å². The number of carbonyl (C=O) groups excluding carboxylic acids is 2. The van der Waals surface area contributed by atoms with Gasteiger partial charge in [-0.05, 0) is 45.7 Å². The minimum atomic E-state index is -3.25. The SMILES string of the molecule is CCS(=O)(=O)N1CCC(C(=O)OCC(=O)Nc2cc(C)nn2-c2ccc(C)cc2)CC1. The molecule has 1 aliphatic heterocycles. The number of aromatic nitrogens is 2. The van der Waals surface area contributed by atoms with E-state index < -0.39 is 34.4 Å². The van der Waals surface area contributed by atoms with Crippen molar-refractivity contribution in [3.8, 4) is 5.69 Å². The maximum absolute atomic E-state index is 12.4. The monoisotopic (exact) mass is 448 g/mol. The third-order valence-corrected chi connectivity index (χ3v) is 7.15. The number of nitrogens with one attached hydrogen (secondary N) is 1. The van der Waals surface area contributed by atoms with Crippen molar-refractivity contribution in [2.75, 3.05) is 30.8 Å². The fraction of sp³-hybridized carbons (Fsp3) is 0.476. The number of nitrogens with zero attached hydrogens (tertiary/aromatic N) is 3. The minimum Gasteiger partial charge on any atom is -0.455 e. The zero-order chi connectivity index (χ0) is 22.6. The van der Waals surface area contributed by atoms with Crippen molar-refractivity contribution in [3.63, 3.8) is 0 Å². The molecule has 1 aliphatic rings. The van der Waals surface area contributed by atoms with E-state index in [-0.39, 0.29) is 18.8 Å². The number of hydrogen-bond acceptors (Lipinski definition) is 6. The van der Waals surface area contributed by atoms with Gasteiger partial charge in [0.2, 0.25) is 10.0 Å². The number of rotatable bonds is 7. The van der Waals surface area contributed by atoms with Crippen molar-refractivity contribution in [2.24, 2.45) is 5.92 Å². The van der Waals surface area contributed by atoms with E-state index in [4.69, 9.17) is 4.74 Å². The average molecular weight is 449 g/mol. The van der Waals surface area contributed by atoms with Gasteiger partial charge < -0.3 is 10.1 Å². The van der Waals surface area contributed by atoms with Crippen molar-refractivity contribution < 1.29 is 22.7 Å². The highest BCUT2D eigenvalue weighted by atomic mass is 32.2. The number of sulfonamides is 1. The second kappa shape index (κ2) is 9.61. The van der Waals surface area contributed by atoms with Gasteiger partial charge in [0.1, 0.15) is 5.82 Å². The first-order chi connectivity index (χ1) is 14.7. The van der Waals surface area contributed by atoms with Crippen molar-refractivity contribution in [3.05, 3.63) is 41.6 Å². The molecule has 31 heavy (non-hydrogen) atoms. The number of amides is 1. The normalized spacial score (nSPS) is 15.6. The summed E-state index contributed by atoms with van der Waals surface area (Å²) in [6.45, 7) is 5.58. The smallest absolute Gasteiger partial charge is 0.309 e. The van der Waals surface area contributed by atoms with Gasteiger partial charge >= 0.3 is 5.97 Å². The molecule has 1 amide bonds. The van der Waals surface area contributed by atoms with E-state index in [1.54, 1.807) is 17.7 Å². The Hall–Kier alpha value is -2.72. The van der Waals surface area contributed by atoms with Gasteiger partial charge in [-0.1, -0.05) is 17.7 Å². The topological polar surface area (TPSA) is 111 Å². The van der Waals surface area contributed by atoms with Crippen LogP contribution in [0.25, 0.3) is 5.69 Å². The zero-order valence-corrected chi connectivity index (χ0v) is 18.8. The number of esters is 1. The fourth-order valence-corrected chi connectivity index (χ4v) is 4.59. The molecule has 2 heterocycles. The van der Waals surface area contributed by atoms with Gasteiger partial charge in [-0.25, -0.2) is 17.4 Å². The summed E-state index contributed by atoms with van der Waals surface area (Å²) in [5.74, 6) is -0.822. The van der Waals surface area contributed by atoms with Gasteiger partial charge in [0.25, 0.3) is 5.91 Å². The van der Waals surface area contributed by atoms with Crippen LogP contribution in [0.15, 0.2) is 30.3 Å². The Balaban J connectivity index is 1.53. The van der Waals surface area contributed by atoms with Crippen LogP contribution in [0.4, 0.5) is 5.82 Å². The fourth-order valence-electron chi connectivity index (χ4n) is 3.46. The second-order valence-corrected chi connectivity index (χ2v) is 9.91. The first kappa shape index (κ1) is 23.0. The van der Waals surface area contributed by atoms with Crippen molar-refractivity contribution >= 4 is 27.7 Å². The molecule has 0 saturated carbocycles. The van der Waals surface area contributed by atoms with Crippen LogP contribution in [0, 0.1) is 19.8 Å². The molecule has 0 aliphatic carbocycles. The van der Waals surface area contributed by atoms with Gasteiger partial charge in [-0.3, -0.25) is 9.59 Å². The lowest BCUT2D eigenvalue weighted by molar-refractivity contribution is -0.152. The molecule has 1 fully saturated rings. The van der Waals surface area contributed by atoms with Gasteiger partial charge in [0.15, 0.2) is 6.61 Å². The van der Waals surface area contributed by atoms with E-state index in [0.717, 1.165) is 16.9 Å². The molecular formula is C21H28N4O5S. The van der Waals surface area contributed by atoms with Crippen molar-refractivity contribution in [1.82, 2.24) is 14.1 Å². The third-order valence-electron chi connectivity index (χ3n) is 5.27. The highest BCUT2D eigenvalue weighted by molar-refractivity contribution is 7.89. The Morgan fingerprint density at radius 1 is 1.16 bits per heavy atom.